The van der Waals surface area contributed by atoms with Crippen molar-refractivity contribution in [1.82, 2.24) is 0 Å². The third kappa shape index (κ3) is 2.38. The van der Waals surface area contributed by atoms with Crippen molar-refractivity contribution in [2.24, 2.45) is 5.41 Å². The molecule has 2 N–H and O–H groups in total. The lowest BCUT2D eigenvalue weighted by Gasteiger charge is -2.51. The Morgan fingerprint density at radius 2 is 1.79 bits per heavy atom. The molecule has 2 fully saturated rings. The van der Waals surface area contributed by atoms with E-state index in [1.165, 1.54) is 57.3 Å². The maximum Gasteiger partial charge on any atom is 0.141 e. The first-order chi connectivity index (χ1) is 9.22. The molecular weight excluding hydrogens is 236 g/mol. The fraction of sp³-hybridized carbons (Fsp3) is 0.625. The molecule has 0 amide bonds. The van der Waals surface area contributed by atoms with Crippen LogP contribution >= 0.6 is 0 Å². The number of nitrogens with two attached hydrogens (primary N) is 1. The topological polar surface area (TPSA) is 38.5 Å². The third-order valence-corrected chi connectivity index (χ3v) is 4.80. The number of hydrogen-bond acceptors (Lipinski definition) is 3. The molecule has 0 atom stereocenters. The number of hydrogen-bond donors (Lipinski definition) is 1. The van der Waals surface area contributed by atoms with E-state index in [0.29, 0.717) is 5.41 Å². The van der Waals surface area contributed by atoms with Crippen LogP contribution in [0.25, 0.3) is 0 Å². The number of rotatable bonds is 2. The molecule has 1 aliphatic heterocycles. The molecule has 1 heterocycles. The molecule has 0 bridgehead atoms. The van der Waals surface area contributed by atoms with Gasteiger partial charge in [0.15, 0.2) is 0 Å². The lowest BCUT2D eigenvalue weighted by atomic mass is 9.73. The molecule has 3 nitrogen and oxygen atoms in total. The van der Waals surface area contributed by atoms with Crippen molar-refractivity contribution >= 4 is 11.4 Å². The lowest BCUT2D eigenvalue weighted by Crippen LogP contribution is -2.56. The molecule has 0 unspecified atom stereocenters. The van der Waals surface area contributed by atoms with Gasteiger partial charge in [-0.1, -0.05) is 25.7 Å². The zero-order valence-corrected chi connectivity index (χ0v) is 11.8. The Bertz CT molecular complexity index is 442. The van der Waals surface area contributed by atoms with E-state index in [2.05, 4.69) is 11.0 Å². The summed E-state index contributed by atoms with van der Waals surface area (Å²) >= 11 is 0. The number of anilines is 2. The maximum atomic E-state index is 5.99. The van der Waals surface area contributed by atoms with E-state index in [-0.39, 0.29) is 0 Å². The predicted octanol–water partition coefficient (Wildman–Crippen LogP) is 3.44. The highest BCUT2D eigenvalue weighted by atomic mass is 16.5. The molecule has 19 heavy (non-hydrogen) atoms. The summed E-state index contributed by atoms with van der Waals surface area (Å²) in [5.41, 5.74) is 8.58. The van der Waals surface area contributed by atoms with Crippen LogP contribution in [0.3, 0.4) is 0 Å². The fourth-order valence-corrected chi connectivity index (χ4v) is 3.66. The Balaban J connectivity index is 1.68. The molecule has 1 aromatic carbocycles. The van der Waals surface area contributed by atoms with Crippen LogP contribution < -0.4 is 15.4 Å². The van der Waals surface area contributed by atoms with E-state index >= 15 is 0 Å². The molecule has 0 radical (unpaired) electrons. The second-order valence-corrected chi connectivity index (χ2v) is 6.20. The van der Waals surface area contributed by atoms with Gasteiger partial charge in [-0.15, -0.1) is 0 Å². The zero-order valence-electron chi connectivity index (χ0n) is 11.8. The summed E-state index contributed by atoms with van der Waals surface area (Å²) < 4.78 is 5.21. The van der Waals surface area contributed by atoms with Gasteiger partial charge in [0.2, 0.25) is 0 Å². The summed E-state index contributed by atoms with van der Waals surface area (Å²) in [6.07, 6.45) is 8.51. The van der Waals surface area contributed by atoms with Gasteiger partial charge >= 0.3 is 0 Å². The van der Waals surface area contributed by atoms with E-state index in [1.54, 1.807) is 7.11 Å². The van der Waals surface area contributed by atoms with Gasteiger partial charge in [-0.2, -0.15) is 0 Å². The van der Waals surface area contributed by atoms with Crippen molar-refractivity contribution in [3.63, 3.8) is 0 Å². The summed E-state index contributed by atoms with van der Waals surface area (Å²) in [5, 5.41) is 0. The highest BCUT2D eigenvalue weighted by Gasteiger charge is 2.42. The van der Waals surface area contributed by atoms with Crippen molar-refractivity contribution in [1.29, 1.82) is 0 Å². The Hall–Kier alpha value is -1.38. The zero-order chi connectivity index (χ0) is 13.3. The molecule has 1 aromatic rings. The normalized spacial score (nSPS) is 21.8. The quantitative estimate of drug-likeness (QED) is 0.828. The van der Waals surface area contributed by atoms with Gasteiger partial charge in [0.25, 0.3) is 0 Å². The Morgan fingerprint density at radius 1 is 1.11 bits per heavy atom. The van der Waals surface area contributed by atoms with Gasteiger partial charge in [0.1, 0.15) is 5.75 Å². The number of nitrogens with zero attached hydrogens (tertiary/aromatic N) is 1. The molecule has 1 saturated heterocycles. The van der Waals surface area contributed by atoms with E-state index < -0.39 is 0 Å². The SMILES string of the molecule is COc1ccc(N2CC3(CCCCCC3)C2)cc1N. The van der Waals surface area contributed by atoms with Gasteiger partial charge in [0, 0.05) is 24.2 Å². The van der Waals surface area contributed by atoms with Crippen LogP contribution in [0.1, 0.15) is 38.5 Å². The summed E-state index contributed by atoms with van der Waals surface area (Å²) in [6, 6.07) is 6.14. The van der Waals surface area contributed by atoms with Gasteiger partial charge in [-0.05, 0) is 31.0 Å². The van der Waals surface area contributed by atoms with Crippen LogP contribution in [-0.4, -0.2) is 20.2 Å². The number of benzene rings is 1. The fourth-order valence-electron chi connectivity index (χ4n) is 3.66. The number of nitrogen functional groups attached to an aromatic ring is 1. The van der Waals surface area contributed by atoms with E-state index in [0.717, 1.165) is 11.4 Å². The Labute approximate surface area is 115 Å². The highest BCUT2D eigenvalue weighted by molar-refractivity contribution is 5.64. The first-order valence-electron chi connectivity index (χ1n) is 7.41. The molecule has 0 aromatic heterocycles. The van der Waals surface area contributed by atoms with Gasteiger partial charge in [-0.3, -0.25) is 0 Å². The summed E-state index contributed by atoms with van der Waals surface area (Å²) in [5.74, 6) is 0.772. The van der Waals surface area contributed by atoms with E-state index in [1.807, 2.05) is 12.1 Å². The van der Waals surface area contributed by atoms with Gasteiger partial charge < -0.3 is 15.4 Å². The van der Waals surface area contributed by atoms with Crippen molar-refractivity contribution < 1.29 is 4.74 Å². The van der Waals surface area contributed by atoms with Crippen molar-refractivity contribution in [2.45, 2.75) is 38.5 Å². The van der Waals surface area contributed by atoms with Crippen molar-refractivity contribution in [3.05, 3.63) is 18.2 Å². The van der Waals surface area contributed by atoms with Gasteiger partial charge in [-0.25, -0.2) is 0 Å². The second-order valence-electron chi connectivity index (χ2n) is 6.20. The second kappa shape index (κ2) is 4.95. The standard InChI is InChI=1S/C16H24N2O/c1-19-15-7-6-13(10-14(15)17)18-11-16(12-18)8-4-2-3-5-9-16/h6-7,10H,2-5,8-9,11-12,17H2,1H3. The van der Waals surface area contributed by atoms with Crippen LogP contribution in [-0.2, 0) is 0 Å². The molecular formula is C16H24N2O. The minimum atomic E-state index is 0.602. The molecule has 1 spiro atoms. The largest absolute Gasteiger partial charge is 0.495 e. The van der Waals surface area contributed by atoms with Crippen LogP contribution in [0.2, 0.25) is 0 Å². The highest BCUT2D eigenvalue weighted by Crippen LogP contribution is 2.45. The molecule has 1 aliphatic carbocycles. The number of methoxy groups -OCH3 is 1. The minimum Gasteiger partial charge on any atom is -0.495 e. The molecule has 3 rings (SSSR count). The molecule has 1 saturated carbocycles. The number of ether oxygens (including phenoxy) is 1. The first kappa shape index (κ1) is 12.6. The Kier molecular flexibility index (Phi) is 3.29. The maximum absolute atomic E-state index is 5.99. The third-order valence-electron chi connectivity index (χ3n) is 4.80. The minimum absolute atomic E-state index is 0.602. The summed E-state index contributed by atoms with van der Waals surface area (Å²) in [6.45, 7) is 2.41. The Morgan fingerprint density at radius 3 is 2.37 bits per heavy atom. The molecule has 2 aliphatic rings. The van der Waals surface area contributed by atoms with Crippen LogP contribution in [0, 0.1) is 5.41 Å². The monoisotopic (exact) mass is 260 g/mol. The van der Waals surface area contributed by atoms with Crippen LogP contribution in [0.4, 0.5) is 11.4 Å². The summed E-state index contributed by atoms with van der Waals surface area (Å²) in [4.78, 5) is 2.46. The average molecular weight is 260 g/mol. The smallest absolute Gasteiger partial charge is 0.141 e. The van der Waals surface area contributed by atoms with E-state index in [4.69, 9.17) is 10.5 Å². The van der Waals surface area contributed by atoms with E-state index in [9.17, 15) is 0 Å². The van der Waals surface area contributed by atoms with Crippen molar-refractivity contribution in [3.8, 4) is 5.75 Å². The van der Waals surface area contributed by atoms with Crippen LogP contribution in [0.15, 0.2) is 18.2 Å². The van der Waals surface area contributed by atoms with Crippen molar-refractivity contribution in [2.75, 3.05) is 30.8 Å². The summed E-state index contributed by atoms with van der Waals surface area (Å²) in [7, 11) is 1.66. The first-order valence-corrected chi connectivity index (χ1v) is 7.41. The lowest BCUT2D eigenvalue weighted by molar-refractivity contribution is 0.180. The van der Waals surface area contributed by atoms with Gasteiger partial charge in [0.05, 0.1) is 12.8 Å². The molecule has 104 valence electrons. The average Bonchev–Trinajstić information content (AvgIpc) is 2.62. The molecule has 3 heteroatoms. The predicted molar refractivity (Wildman–Crippen MR) is 79.8 cm³/mol. The van der Waals surface area contributed by atoms with Crippen LogP contribution in [0.5, 0.6) is 5.75 Å².